The third kappa shape index (κ3) is 7.99. The van der Waals surface area contributed by atoms with Crippen LogP contribution < -0.4 is 9.47 Å². The molecule has 1 rings (SSSR count). The van der Waals surface area contributed by atoms with Gasteiger partial charge in [-0.2, -0.15) is 0 Å². The van der Waals surface area contributed by atoms with E-state index in [-0.39, 0.29) is 0 Å². The molecule has 1 aromatic carbocycles. The van der Waals surface area contributed by atoms with Crippen LogP contribution in [0, 0.1) is 0 Å². The van der Waals surface area contributed by atoms with E-state index in [1.165, 1.54) is 12.0 Å². The van der Waals surface area contributed by atoms with Gasteiger partial charge in [0.05, 0.1) is 13.7 Å². The first-order chi connectivity index (χ1) is 8.73. The quantitative estimate of drug-likeness (QED) is 0.744. The van der Waals surface area contributed by atoms with Gasteiger partial charge in [0.25, 0.3) is 0 Å². The molecule has 0 radical (unpaired) electrons. The van der Waals surface area contributed by atoms with Gasteiger partial charge in [0.15, 0.2) is 0 Å². The average molecular weight is 254 g/mol. The van der Waals surface area contributed by atoms with Gasteiger partial charge in [0.1, 0.15) is 11.5 Å². The summed E-state index contributed by atoms with van der Waals surface area (Å²) in [5.41, 5.74) is 1.20. The average Bonchev–Trinajstić information content (AvgIpc) is 2.42. The first-order valence-corrected chi connectivity index (χ1v) is 7.03. The van der Waals surface area contributed by atoms with E-state index in [0.29, 0.717) is 6.61 Å². The summed E-state index contributed by atoms with van der Waals surface area (Å²) in [5, 5.41) is 0. The van der Waals surface area contributed by atoms with Crippen LogP contribution in [0.4, 0.5) is 0 Å². The van der Waals surface area contributed by atoms with Crippen LogP contribution in [-0.2, 0) is 6.42 Å². The maximum absolute atomic E-state index is 5.47. The summed E-state index contributed by atoms with van der Waals surface area (Å²) in [5.74, 6) is 1.85. The van der Waals surface area contributed by atoms with Crippen molar-refractivity contribution in [3.8, 4) is 11.5 Å². The fourth-order valence-electron chi connectivity index (χ4n) is 1.26. The largest absolute Gasteiger partial charge is 0.497 e. The summed E-state index contributed by atoms with van der Waals surface area (Å²) in [6.07, 6.45) is 2.21. The molecule has 2 heteroatoms. The van der Waals surface area contributed by atoms with E-state index >= 15 is 0 Å². The Morgan fingerprint density at radius 1 is 1.00 bits per heavy atom. The highest BCUT2D eigenvalue weighted by molar-refractivity contribution is 5.40. The summed E-state index contributed by atoms with van der Waals surface area (Å²) in [4.78, 5) is 0. The van der Waals surface area contributed by atoms with Gasteiger partial charge < -0.3 is 9.47 Å². The number of methoxy groups -OCH3 is 1. The molecule has 2 nitrogen and oxygen atoms in total. The maximum Gasteiger partial charge on any atom is 0.122 e. The van der Waals surface area contributed by atoms with E-state index in [9.17, 15) is 0 Å². The van der Waals surface area contributed by atoms with Crippen LogP contribution >= 0.6 is 0 Å². The summed E-state index contributed by atoms with van der Waals surface area (Å²) in [6.45, 7) is 13.1. The molecule has 0 fully saturated rings. The first-order valence-electron chi connectivity index (χ1n) is 7.03. The summed E-state index contributed by atoms with van der Waals surface area (Å²) in [7, 11) is 1.68. The minimum Gasteiger partial charge on any atom is -0.497 e. The van der Waals surface area contributed by atoms with Gasteiger partial charge in [-0.3, -0.25) is 0 Å². The molecule has 0 saturated carbocycles. The van der Waals surface area contributed by atoms with Gasteiger partial charge in [0.2, 0.25) is 0 Å². The molecule has 0 amide bonds. The van der Waals surface area contributed by atoms with Crippen molar-refractivity contribution >= 4 is 0 Å². The molecule has 106 valence electrons. The Balaban J connectivity index is 0. The molecule has 0 spiro atoms. The maximum atomic E-state index is 5.47. The molecule has 18 heavy (non-hydrogen) atoms. The van der Waals surface area contributed by atoms with E-state index in [2.05, 4.69) is 20.8 Å². The standard InChI is InChI=1S/C11H16O2.C3H8.C2H6/c1-4-9-8-10(12-3)6-7-11(9)13-5-2;1-3-2;1-2/h6-8H,4-5H2,1-3H3;3H2,1-2H3;1-2H3. The van der Waals surface area contributed by atoms with Crippen molar-refractivity contribution < 1.29 is 9.47 Å². The molecule has 0 bridgehead atoms. The molecule has 0 aliphatic heterocycles. The van der Waals surface area contributed by atoms with Crippen molar-refractivity contribution in [3.63, 3.8) is 0 Å². The fourth-order valence-corrected chi connectivity index (χ4v) is 1.26. The van der Waals surface area contributed by atoms with Gasteiger partial charge in [-0.05, 0) is 37.1 Å². The minimum absolute atomic E-state index is 0.708. The number of hydrogen-bond acceptors (Lipinski definition) is 2. The second-order valence-corrected chi connectivity index (χ2v) is 3.47. The number of ether oxygens (including phenoxy) is 2. The lowest BCUT2D eigenvalue weighted by Crippen LogP contribution is -1.96. The second kappa shape index (κ2) is 13.9. The third-order valence-corrected chi connectivity index (χ3v) is 1.95. The molecule has 0 aliphatic rings. The smallest absolute Gasteiger partial charge is 0.122 e. The van der Waals surface area contributed by atoms with Crippen molar-refractivity contribution in [1.82, 2.24) is 0 Å². The van der Waals surface area contributed by atoms with Crippen LogP contribution in [0.1, 0.15) is 53.5 Å². The molecule has 0 heterocycles. The third-order valence-electron chi connectivity index (χ3n) is 1.95. The molecule has 0 N–H and O–H groups in total. The van der Waals surface area contributed by atoms with Crippen LogP contribution in [0.25, 0.3) is 0 Å². The first kappa shape index (κ1) is 19.2. The zero-order valence-corrected chi connectivity index (χ0v) is 13.2. The van der Waals surface area contributed by atoms with Gasteiger partial charge in [-0.1, -0.05) is 41.0 Å². The predicted molar refractivity (Wildman–Crippen MR) is 80.9 cm³/mol. The van der Waals surface area contributed by atoms with Crippen molar-refractivity contribution in [2.24, 2.45) is 0 Å². The number of benzene rings is 1. The predicted octanol–water partition coefficient (Wildman–Crippen LogP) is 5.10. The van der Waals surface area contributed by atoms with Crippen molar-refractivity contribution in [2.75, 3.05) is 13.7 Å². The normalized spacial score (nSPS) is 8.39. The van der Waals surface area contributed by atoms with Gasteiger partial charge in [-0.15, -0.1) is 0 Å². The molecule has 1 aromatic rings. The molecule has 0 aliphatic carbocycles. The van der Waals surface area contributed by atoms with Gasteiger partial charge in [0, 0.05) is 0 Å². The molecule has 0 unspecified atom stereocenters. The number of aryl methyl sites for hydroxylation is 1. The Labute approximate surface area is 113 Å². The topological polar surface area (TPSA) is 18.5 Å². The van der Waals surface area contributed by atoms with Crippen LogP contribution in [0.3, 0.4) is 0 Å². The molecular formula is C16H30O2. The fraction of sp³-hybridized carbons (Fsp3) is 0.625. The van der Waals surface area contributed by atoms with E-state index in [1.54, 1.807) is 7.11 Å². The SMILES string of the molecule is CC.CCC.CCOc1ccc(OC)cc1CC. The van der Waals surface area contributed by atoms with E-state index in [1.807, 2.05) is 39.0 Å². The monoisotopic (exact) mass is 254 g/mol. The Morgan fingerprint density at radius 2 is 1.56 bits per heavy atom. The van der Waals surface area contributed by atoms with Crippen molar-refractivity contribution in [1.29, 1.82) is 0 Å². The summed E-state index contributed by atoms with van der Waals surface area (Å²) < 4.78 is 10.6. The molecule has 0 aromatic heterocycles. The Bertz CT molecular complexity index is 282. The molecular weight excluding hydrogens is 224 g/mol. The van der Waals surface area contributed by atoms with Gasteiger partial charge >= 0.3 is 0 Å². The van der Waals surface area contributed by atoms with Crippen LogP contribution in [-0.4, -0.2) is 13.7 Å². The molecule has 0 atom stereocenters. The van der Waals surface area contributed by atoms with E-state index in [0.717, 1.165) is 17.9 Å². The van der Waals surface area contributed by atoms with Crippen molar-refractivity contribution in [2.45, 2.75) is 54.4 Å². The van der Waals surface area contributed by atoms with Crippen LogP contribution in [0.5, 0.6) is 11.5 Å². The zero-order chi connectivity index (χ0) is 14.4. The Kier molecular flexibility index (Phi) is 14.8. The Morgan fingerprint density at radius 3 is 1.94 bits per heavy atom. The van der Waals surface area contributed by atoms with Crippen LogP contribution in [0.2, 0.25) is 0 Å². The van der Waals surface area contributed by atoms with E-state index in [4.69, 9.17) is 9.47 Å². The highest BCUT2D eigenvalue weighted by atomic mass is 16.5. The van der Waals surface area contributed by atoms with E-state index < -0.39 is 0 Å². The highest BCUT2D eigenvalue weighted by Gasteiger charge is 2.02. The van der Waals surface area contributed by atoms with Crippen molar-refractivity contribution in [3.05, 3.63) is 23.8 Å². The lowest BCUT2D eigenvalue weighted by Gasteiger charge is -2.09. The second-order valence-electron chi connectivity index (χ2n) is 3.47. The Hall–Kier alpha value is -1.18. The lowest BCUT2D eigenvalue weighted by atomic mass is 10.1. The summed E-state index contributed by atoms with van der Waals surface area (Å²) in [6, 6.07) is 5.90. The summed E-state index contributed by atoms with van der Waals surface area (Å²) >= 11 is 0. The van der Waals surface area contributed by atoms with Crippen LogP contribution in [0.15, 0.2) is 18.2 Å². The lowest BCUT2D eigenvalue weighted by molar-refractivity contribution is 0.335. The number of rotatable bonds is 4. The highest BCUT2D eigenvalue weighted by Crippen LogP contribution is 2.24. The van der Waals surface area contributed by atoms with Gasteiger partial charge in [-0.25, -0.2) is 0 Å². The zero-order valence-electron chi connectivity index (χ0n) is 13.2. The minimum atomic E-state index is 0.708. The number of hydrogen-bond donors (Lipinski definition) is 0. The molecule has 0 saturated heterocycles.